The molecule has 6 aromatic rings. The van der Waals surface area contributed by atoms with E-state index in [2.05, 4.69) is 164 Å². The third-order valence-corrected chi connectivity index (χ3v) is 9.06. The summed E-state index contributed by atoms with van der Waals surface area (Å²) in [4.78, 5) is 0. The molecule has 176 valence electrons. The first kappa shape index (κ1) is 23.2. The Bertz CT molecular complexity index is 1510. The van der Waals surface area contributed by atoms with Crippen molar-refractivity contribution >= 4 is 23.8 Å². The largest absolute Gasteiger partial charge is 0.0622 e. The van der Waals surface area contributed by atoms with Gasteiger partial charge in [-0.1, -0.05) is 152 Å². The van der Waals surface area contributed by atoms with Crippen LogP contribution in [-0.2, 0) is 0 Å². The van der Waals surface area contributed by atoms with E-state index in [4.69, 9.17) is 0 Å². The molecular weight excluding hydrogens is 463 g/mol. The van der Waals surface area contributed by atoms with E-state index in [1.54, 1.807) is 0 Å². The van der Waals surface area contributed by atoms with E-state index in [0.29, 0.717) is 0 Å². The van der Waals surface area contributed by atoms with Gasteiger partial charge in [-0.2, -0.15) is 0 Å². The van der Waals surface area contributed by atoms with E-state index in [9.17, 15) is 0 Å². The van der Waals surface area contributed by atoms with Gasteiger partial charge in [-0.25, -0.2) is 0 Å². The highest BCUT2D eigenvalue weighted by atomic mass is 31.1. The van der Waals surface area contributed by atoms with Gasteiger partial charge in [0.25, 0.3) is 0 Å². The molecule has 1 heteroatoms. The maximum Gasteiger partial charge on any atom is -0.0134 e. The highest BCUT2D eigenvalue weighted by Gasteiger charge is 2.18. The summed E-state index contributed by atoms with van der Waals surface area (Å²) in [6, 6.07) is 59.3. The van der Waals surface area contributed by atoms with Gasteiger partial charge in [-0.3, -0.25) is 0 Å². The van der Waals surface area contributed by atoms with E-state index >= 15 is 0 Å². The quantitative estimate of drug-likeness (QED) is 0.206. The Morgan fingerprint density at radius 3 is 1.03 bits per heavy atom. The van der Waals surface area contributed by atoms with E-state index in [1.807, 2.05) is 0 Å². The Balaban J connectivity index is 1.46. The average molecular weight is 491 g/mol. The van der Waals surface area contributed by atoms with Gasteiger partial charge in [0.05, 0.1) is 0 Å². The Morgan fingerprint density at radius 1 is 0.243 bits per heavy atom. The van der Waals surface area contributed by atoms with Gasteiger partial charge in [-0.15, -0.1) is 0 Å². The number of benzene rings is 6. The number of hydrogen-bond donors (Lipinski definition) is 0. The lowest BCUT2D eigenvalue weighted by molar-refractivity contribution is 1.63. The third kappa shape index (κ3) is 5.17. The molecule has 37 heavy (non-hydrogen) atoms. The molecule has 0 atom stereocenters. The van der Waals surface area contributed by atoms with Crippen LogP contribution in [0.4, 0.5) is 0 Å². The third-order valence-electron chi connectivity index (χ3n) is 6.66. The van der Waals surface area contributed by atoms with Crippen LogP contribution >= 0.6 is 7.92 Å². The fraction of sp³-hybridized carbons (Fsp3) is 0. The molecule has 0 fully saturated rings. The minimum absolute atomic E-state index is 0.740. The van der Waals surface area contributed by atoms with Crippen LogP contribution in [0.15, 0.2) is 164 Å². The lowest BCUT2D eigenvalue weighted by atomic mass is 10.1. The van der Waals surface area contributed by atoms with Gasteiger partial charge in [0.15, 0.2) is 0 Å². The molecule has 0 amide bonds. The summed E-state index contributed by atoms with van der Waals surface area (Å²) in [5.41, 5.74) is 7.50. The number of rotatable bonds is 6. The van der Waals surface area contributed by atoms with Crippen LogP contribution in [0.5, 0.6) is 0 Å². The van der Waals surface area contributed by atoms with Crippen molar-refractivity contribution in [3.63, 3.8) is 0 Å². The summed E-state index contributed by atoms with van der Waals surface area (Å²) in [6.45, 7) is 0. The van der Waals surface area contributed by atoms with Gasteiger partial charge in [0.1, 0.15) is 0 Å². The minimum atomic E-state index is -0.740. The van der Waals surface area contributed by atoms with Crippen molar-refractivity contribution in [3.05, 3.63) is 164 Å². The normalized spacial score (nSPS) is 10.9. The van der Waals surface area contributed by atoms with Crippen LogP contribution in [0.3, 0.4) is 0 Å². The molecule has 0 aliphatic carbocycles. The summed E-state index contributed by atoms with van der Waals surface area (Å²) in [5, 5.41) is 4.06. The second-order valence-electron chi connectivity index (χ2n) is 9.08. The first-order valence-corrected chi connectivity index (χ1v) is 14.0. The fourth-order valence-corrected chi connectivity index (χ4v) is 7.14. The topological polar surface area (TPSA) is 0 Å². The summed E-state index contributed by atoms with van der Waals surface area (Å²) >= 11 is 0. The summed E-state index contributed by atoms with van der Waals surface area (Å²) in [7, 11) is -0.740. The zero-order valence-electron chi connectivity index (χ0n) is 20.5. The van der Waals surface area contributed by atoms with Crippen LogP contribution in [0.25, 0.3) is 33.4 Å². The molecule has 0 unspecified atom stereocenters. The molecule has 6 rings (SSSR count). The van der Waals surface area contributed by atoms with Crippen LogP contribution in [0, 0.1) is 0 Å². The molecule has 6 aromatic carbocycles. The van der Waals surface area contributed by atoms with Crippen LogP contribution in [-0.4, -0.2) is 0 Å². The van der Waals surface area contributed by atoms with Crippen molar-refractivity contribution in [3.8, 4) is 33.4 Å². The zero-order chi connectivity index (χ0) is 24.9. The molecule has 0 spiro atoms. The number of hydrogen-bond acceptors (Lipinski definition) is 0. The van der Waals surface area contributed by atoms with Crippen molar-refractivity contribution in [2.45, 2.75) is 0 Å². The zero-order valence-corrected chi connectivity index (χ0v) is 21.4. The van der Waals surface area contributed by atoms with Gasteiger partial charge in [0, 0.05) is 0 Å². The summed E-state index contributed by atoms with van der Waals surface area (Å²) in [6.07, 6.45) is 0. The van der Waals surface area contributed by atoms with E-state index in [1.165, 1.54) is 49.3 Å². The second kappa shape index (κ2) is 10.8. The SMILES string of the molecule is c1ccc(-c2ccc(P(c3cccc(-c4ccccc4)c3)c3cccc(-c4ccccc4)c3)cc2)cc1. The Kier molecular flexibility index (Phi) is 6.76. The van der Waals surface area contributed by atoms with Gasteiger partial charge in [-0.05, 0) is 69.3 Å². The molecule has 0 heterocycles. The Morgan fingerprint density at radius 2 is 0.595 bits per heavy atom. The van der Waals surface area contributed by atoms with E-state index in [-0.39, 0.29) is 0 Å². The molecule has 0 aliphatic rings. The Labute approximate surface area is 220 Å². The summed E-state index contributed by atoms with van der Waals surface area (Å²) in [5.74, 6) is 0. The molecule has 0 bridgehead atoms. The Hall–Kier alpha value is -4.25. The lowest BCUT2D eigenvalue weighted by Gasteiger charge is -2.21. The van der Waals surface area contributed by atoms with Gasteiger partial charge in [0.2, 0.25) is 0 Å². The molecule has 0 saturated carbocycles. The van der Waals surface area contributed by atoms with Crippen molar-refractivity contribution < 1.29 is 0 Å². The van der Waals surface area contributed by atoms with Gasteiger partial charge < -0.3 is 0 Å². The second-order valence-corrected chi connectivity index (χ2v) is 11.3. The predicted octanol–water partition coefficient (Wildman–Crippen LogP) is 8.45. The maximum absolute atomic E-state index is 2.38. The summed E-state index contributed by atoms with van der Waals surface area (Å²) < 4.78 is 0. The molecule has 0 aromatic heterocycles. The van der Waals surface area contributed by atoms with Gasteiger partial charge >= 0.3 is 0 Å². The first-order chi connectivity index (χ1) is 18.3. The van der Waals surface area contributed by atoms with Crippen LogP contribution in [0.2, 0.25) is 0 Å². The molecular formula is C36H27P. The standard InChI is InChI=1S/C36H27P/c1-4-12-28(13-5-1)31-22-24-34(25-23-31)37(35-20-10-18-32(26-35)29-14-6-2-7-15-29)36-21-11-19-33(27-36)30-16-8-3-9-17-30/h1-27H. The predicted molar refractivity (Wildman–Crippen MR) is 161 cm³/mol. The lowest BCUT2D eigenvalue weighted by Crippen LogP contribution is -2.21. The van der Waals surface area contributed by atoms with Crippen LogP contribution in [0.1, 0.15) is 0 Å². The van der Waals surface area contributed by atoms with Crippen molar-refractivity contribution in [1.29, 1.82) is 0 Å². The van der Waals surface area contributed by atoms with Crippen molar-refractivity contribution in [2.75, 3.05) is 0 Å². The highest BCUT2D eigenvalue weighted by Crippen LogP contribution is 2.36. The van der Waals surface area contributed by atoms with Crippen molar-refractivity contribution in [1.82, 2.24) is 0 Å². The molecule has 0 aliphatic heterocycles. The van der Waals surface area contributed by atoms with Crippen LogP contribution < -0.4 is 15.9 Å². The smallest absolute Gasteiger partial charge is 0.0134 e. The molecule has 0 saturated heterocycles. The van der Waals surface area contributed by atoms with Crippen molar-refractivity contribution in [2.24, 2.45) is 0 Å². The first-order valence-electron chi connectivity index (χ1n) is 12.6. The fourth-order valence-electron chi connectivity index (χ4n) is 4.79. The monoisotopic (exact) mass is 490 g/mol. The van der Waals surface area contributed by atoms with E-state index in [0.717, 1.165) is 0 Å². The average Bonchev–Trinajstić information content (AvgIpc) is 2.99. The van der Waals surface area contributed by atoms with E-state index < -0.39 is 7.92 Å². The molecule has 0 radical (unpaired) electrons. The molecule has 0 N–H and O–H groups in total. The highest BCUT2D eigenvalue weighted by molar-refractivity contribution is 7.79. The molecule has 0 nitrogen and oxygen atoms in total. The minimum Gasteiger partial charge on any atom is -0.0622 e. The maximum atomic E-state index is 2.38.